The van der Waals surface area contributed by atoms with Crippen LogP contribution in [0, 0.1) is 0 Å². The van der Waals surface area contributed by atoms with Crippen molar-refractivity contribution in [1.82, 2.24) is 5.32 Å². The second-order valence-electron chi connectivity index (χ2n) is 3.48. The molecule has 1 unspecified atom stereocenters. The van der Waals surface area contributed by atoms with E-state index < -0.39 is 13.5 Å². The van der Waals surface area contributed by atoms with E-state index in [9.17, 15) is 9.36 Å². The SMILES string of the molecule is COC[C@H]1O[C@@H](NC(C)=O)C[C@@H]1O[PH](=O)S. The molecule has 1 rings (SSSR count). The van der Waals surface area contributed by atoms with Crippen LogP contribution in [-0.2, 0) is 23.4 Å². The van der Waals surface area contributed by atoms with Crippen LogP contribution in [-0.4, -0.2) is 38.1 Å². The summed E-state index contributed by atoms with van der Waals surface area (Å²) in [5, 5.41) is 2.62. The fourth-order valence-corrected chi connectivity index (χ4v) is 2.51. The van der Waals surface area contributed by atoms with Crippen LogP contribution in [0.3, 0.4) is 0 Å². The molecule has 1 N–H and O–H groups in total. The highest BCUT2D eigenvalue weighted by Crippen LogP contribution is 2.35. The third-order valence-corrected chi connectivity index (χ3v) is 2.97. The Hall–Kier alpha value is -0.0700. The molecule has 0 spiro atoms. The van der Waals surface area contributed by atoms with Crippen molar-refractivity contribution < 1.29 is 23.4 Å². The Morgan fingerprint density at radius 3 is 2.88 bits per heavy atom. The topological polar surface area (TPSA) is 73.9 Å². The van der Waals surface area contributed by atoms with Gasteiger partial charge in [-0.1, -0.05) is 12.2 Å². The summed E-state index contributed by atoms with van der Waals surface area (Å²) in [6.07, 6.45) is -0.661. The average Bonchev–Trinajstić information content (AvgIpc) is 2.46. The highest BCUT2D eigenvalue weighted by molar-refractivity contribution is 8.39. The number of rotatable bonds is 5. The van der Waals surface area contributed by atoms with Gasteiger partial charge in [-0.05, 0) is 0 Å². The van der Waals surface area contributed by atoms with Crippen LogP contribution >= 0.6 is 19.5 Å². The lowest BCUT2D eigenvalue weighted by Gasteiger charge is -2.16. The molecule has 1 fully saturated rings. The van der Waals surface area contributed by atoms with Gasteiger partial charge in [0.05, 0.1) is 12.7 Å². The first-order valence-electron chi connectivity index (χ1n) is 4.84. The van der Waals surface area contributed by atoms with E-state index in [-0.39, 0.29) is 18.1 Å². The normalized spacial score (nSPS) is 31.3. The maximum absolute atomic E-state index is 10.9. The zero-order valence-corrected chi connectivity index (χ0v) is 11.0. The van der Waals surface area contributed by atoms with Crippen molar-refractivity contribution in [2.45, 2.75) is 31.8 Å². The van der Waals surface area contributed by atoms with Gasteiger partial charge in [-0.3, -0.25) is 9.36 Å². The van der Waals surface area contributed by atoms with Crippen molar-refractivity contribution in [3.8, 4) is 0 Å². The monoisotopic (exact) mass is 269 g/mol. The van der Waals surface area contributed by atoms with E-state index in [1.807, 2.05) is 0 Å². The van der Waals surface area contributed by atoms with Crippen molar-refractivity contribution in [3.05, 3.63) is 0 Å². The molecule has 94 valence electrons. The maximum Gasteiger partial charge on any atom is 0.243 e. The molecule has 8 heteroatoms. The van der Waals surface area contributed by atoms with Crippen molar-refractivity contribution >= 4 is 25.4 Å². The van der Waals surface area contributed by atoms with Gasteiger partial charge in [-0.2, -0.15) is 0 Å². The number of hydrogen-bond donors (Lipinski definition) is 2. The molecule has 16 heavy (non-hydrogen) atoms. The Balaban J connectivity index is 2.52. The number of nitrogens with one attached hydrogen (secondary N) is 1. The smallest absolute Gasteiger partial charge is 0.243 e. The van der Waals surface area contributed by atoms with Crippen molar-refractivity contribution in [2.24, 2.45) is 0 Å². The van der Waals surface area contributed by atoms with Crippen LogP contribution in [0.4, 0.5) is 0 Å². The number of amides is 1. The summed E-state index contributed by atoms with van der Waals surface area (Å²) in [6, 6.07) is 0. The summed E-state index contributed by atoms with van der Waals surface area (Å²) in [6.45, 7) is 1.73. The molecule has 0 aromatic heterocycles. The van der Waals surface area contributed by atoms with Crippen molar-refractivity contribution in [1.29, 1.82) is 0 Å². The predicted molar refractivity (Wildman–Crippen MR) is 61.8 cm³/mol. The second kappa shape index (κ2) is 6.61. The number of thiol groups is 1. The second-order valence-corrected chi connectivity index (χ2v) is 5.34. The van der Waals surface area contributed by atoms with E-state index in [0.29, 0.717) is 13.0 Å². The van der Waals surface area contributed by atoms with E-state index in [1.54, 1.807) is 0 Å². The molecule has 0 bridgehead atoms. The first kappa shape index (κ1) is 14.0. The summed E-state index contributed by atoms with van der Waals surface area (Å²) in [7, 11) is -0.785. The predicted octanol–water partition coefficient (Wildman–Crippen LogP) is 0.589. The van der Waals surface area contributed by atoms with Crippen LogP contribution in [0.5, 0.6) is 0 Å². The highest BCUT2D eigenvalue weighted by atomic mass is 32.7. The van der Waals surface area contributed by atoms with Gasteiger partial charge in [0.1, 0.15) is 12.3 Å². The number of carbonyl (C=O) groups excluding carboxylic acids is 1. The van der Waals surface area contributed by atoms with E-state index in [0.717, 1.165) is 0 Å². The highest BCUT2D eigenvalue weighted by Gasteiger charge is 2.37. The zero-order chi connectivity index (χ0) is 12.1. The lowest BCUT2D eigenvalue weighted by molar-refractivity contribution is -0.123. The molecule has 1 aliphatic rings. The summed E-state index contributed by atoms with van der Waals surface area (Å²) in [5.74, 6) is -0.180. The fraction of sp³-hybridized carbons (Fsp3) is 0.875. The molecule has 1 amide bonds. The molecule has 1 saturated heterocycles. The average molecular weight is 269 g/mol. The van der Waals surface area contributed by atoms with Crippen LogP contribution < -0.4 is 5.32 Å². The summed E-state index contributed by atoms with van der Waals surface area (Å²) < 4.78 is 26.5. The van der Waals surface area contributed by atoms with Gasteiger partial charge in [0, 0.05) is 20.5 Å². The number of carbonyl (C=O) groups is 1. The van der Waals surface area contributed by atoms with Gasteiger partial charge in [0.15, 0.2) is 0 Å². The van der Waals surface area contributed by atoms with Crippen LogP contribution in [0.15, 0.2) is 0 Å². The summed E-state index contributed by atoms with van der Waals surface area (Å²) in [4.78, 5) is 10.9. The molecule has 0 radical (unpaired) electrons. The lowest BCUT2D eigenvalue weighted by Crippen LogP contribution is -2.33. The van der Waals surface area contributed by atoms with Crippen molar-refractivity contribution in [2.75, 3.05) is 13.7 Å². The molecular weight excluding hydrogens is 253 g/mol. The Morgan fingerprint density at radius 1 is 1.69 bits per heavy atom. The van der Waals surface area contributed by atoms with Crippen LogP contribution in [0.25, 0.3) is 0 Å². The Labute approximate surface area is 100 Å². The molecule has 0 saturated carbocycles. The van der Waals surface area contributed by atoms with Gasteiger partial charge in [0.2, 0.25) is 13.1 Å². The fourth-order valence-electron chi connectivity index (χ4n) is 1.60. The lowest BCUT2D eigenvalue weighted by atomic mass is 10.2. The van der Waals surface area contributed by atoms with E-state index in [4.69, 9.17) is 14.0 Å². The number of hydrogen-bond acceptors (Lipinski definition) is 5. The Morgan fingerprint density at radius 2 is 2.38 bits per heavy atom. The third kappa shape index (κ3) is 4.43. The minimum absolute atomic E-state index is 0.180. The first-order chi connectivity index (χ1) is 7.52. The van der Waals surface area contributed by atoms with Gasteiger partial charge in [0.25, 0.3) is 0 Å². The van der Waals surface area contributed by atoms with Crippen LogP contribution in [0.2, 0.25) is 0 Å². The minimum Gasteiger partial charge on any atom is -0.382 e. The number of ether oxygens (including phenoxy) is 2. The van der Waals surface area contributed by atoms with Crippen LogP contribution in [0.1, 0.15) is 13.3 Å². The molecule has 6 nitrogen and oxygen atoms in total. The van der Waals surface area contributed by atoms with Gasteiger partial charge in [-0.25, -0.2) is 0 Å². The summed E-state index contributed by atoms with van der Waals surface area (Å²) in [5.41, 5.74) is 0. The summed E-state index contributed by atoms with van der Waals surface area (Å²) >= 11 is 3.72. The Kier molecular flexibility index (Phi) is 5.78. The molecule has 4 atom stereocenters. The molecule has 0 aliphatic carbocycles. The van der Waals surface area contributed by atoms with Gasteiger partial charge >= 0.3 is 0 Å². The quantitative estimate of drug-likeness (QED) is 0.564. The molecule has 1 aliphatic heterocycles. The molecule has 0 aromatic carbocycles. The molecule has 1 heterocycles. The Bertz CT molecular complexity index is 277. The van der Waals surface area contributed by atoms with E-state index in [2.05, 4.69) is 17.6 Å². The molecular formula is C8H16NO5PS. The van der Waals surface area contributed by atoms with Gasteiger partial charge in [-0.15, -0.1) is 0 Å². The standard InChI is InChI=1S/C8H16NO5PS/c1-5(10)9-8-3-6(14-15(11)16)7(13-8)4-12-2/h6-8,15H,3-4H2,1-2H3,(H,9,10)(H,11,16)/t6-,7+,8+/m0/s1. The number of methoxy groups -OCH3 is 1. The maximum atomic E-state index is 10.9. The van der Waals surface area contributed by atoms with E-state index in [1.165, 1.54) is 14.0 Å². The first-order valence-corrected chi connectivity index (χ1v) is 7.44. The zero-order valence-electron chi connectivity index (χ0n) is 9.13. The van der Waals surface area contributed by atoms with Gasteiger partial charge < -0.3 is 19.3 Å². The largest absolute Gasteiger partial charge is 0.382 e. The van der Waals surface area contributed by atoms with Crippen molar-refractivity contribution in [3.63, 3.8) is 0 Å². The van der Waals surface area contributed by atoms with E-state index >= 15 is 0 Å². The molecule has 0 aromatic rings. The minimum atomic E-state index is -2.32. The third-order valence-electron chi connectivity index (χ3n) is 2.15.